The summed E-state index contributed by atoms with van der Waals surface area (Å²) < 4.78 is 22.7. The molecule has 0 bridgehead atoms. The molecule has 2 heterocycles. The first-order valence-corrected chi connectivity index (χ1v) is 25.6. The fourth-order valence-electron chi connectivity index (χ4n) is 15.2. The first-order chi connectivity index (χ1) is 32.2. The normalized spacial score (nSPS) is 34.7. The summed E-state index contributed by atoms with van der Waals surface area (Å²) in [5.41, 5.74) is 3.62. The summed E-state index contributed by atoms with van der Waals surface area (Å²) in [6, 6.07) is 20.1. The predicted octanol–water partition coefficient (Wildman–Crippen LogP) is 12.6. The summed E-state index contributed by atoms with van der Waals surface area (Å²) in [5, 5.41) is 0. The number of benzene rings is 3. The molecule has 0 aromatic heterocycles. The fraction of sp³-hybridized carbons (Fsp3) is 0.569. The lowest BCUT2D eigenvalue weighted by molar-refractivity contribution is -0.155. The van der Waals surface area contributed by atoms with Crippen molar-refractivity contribution in [3.63, 3.8) is 0 Å². The lowest BCUT2D eigenvalue weighted by atomic mass is 9.44. The van der Waals surface area contributed by atoms with E-state index in [4.69, 9.17) is 18.9 Å². The maximum atomic E-state index is 13.3. The Kier molecular flexibility index (Phi) is 12.4. The monoisotopic (exact) mass is 908 g/mol. The Balaban J connectivity index is 0.722. The van der Waals surface area contributed by atoms with Gasteiger partial charge >= 0.3 is 23.9 Å². The standard InChI is InChI=1S/C58H68O9/c1-33(2)7-6-8-34(3)48-22-23-49-43-20-14-37-29-41(25-27-57(37,4)50(43)26-28-58(48,49)5)65-39-17-12-36(13-18-39)51(59)24-11-35-9-15-38(16-10-35)64-40-19-21-42-44(46-32-52(60)66-54(46)61)31-47-53(45(42)30-40)56(63)67-55(47)62/h9-13,15-19,21,24,30,33-34,37,41,43-44,46-50,53H,6-8,14,20,22-23,25-29,31-32H2,1-5H3/t34-,37?,41?,43?,44?,46?,47?,48-,49?,50?,53?,57+,58-/m1/s1. The van der Waals surface area contributed by atoms with Crippen molar-refractivity contribution in [2.24, 2.45) is 64.1 Å². The Morgan fingerprint density at radius 3 is 2.16 bits per heavy atom. The molecule has 10 rings (SSSR count). The van der Waals surface area contributed by atoms with E-state index in [2.05, 4.69) is 34.6 Å². The summed E-state index contributed by atoms with van der Waals surface area (Å²) in [5.74, 6) is 2.39. The maximum absolute atomic E-state index is 13.3. The molecule has 9 unspecified atom stereocenters. The van der Waals surface area contributed by atoms with Crippen LogP contribution in [0.15, 0.2) is 72.8 Å². The smallest absolute Gasteiger partial charge is 0.321 e. The number of ketones is 1. The number of rotatable bonds is 13. The third-order valence-corrected chi connectivity index (χ3v) is 18.7. The van der Waals surface area contributed by atoms with E-state index in [1.807, 2.05) is 36.4 Å². The van der Waals surface area contributed by atoms with E-state index >= 15 is 0 Å². The lowest BCUT2D eigenvalue weighted by Gasteiger charge is -2.61. The van der Waals surface area contributed by atoms with Crippen LogP contribution in [0.25, 0.3) is 6.08 Å². The molecule has 7 aliphatic rings. The first-order valence-electron chi connectivity index (χ1n) is 25.6. The zero-order valence-corrected chi connectivity index (χ0v) is 40.0. The van der Waals surface area contributed by atoms with Crippen molar-refractivity contribution in [2.75, 3.05) is 0 Å². The highest BCUT2D eigenvalue weighted by Gasteiger charge is 2.61. The minimum absolute atomic E-state index is 0.0742. The second-order valence-corrected chi connectivity index (χ2v) is 22.7. The van der Waals surface area contributed by atoms with Gasteiger partial charge in [0.1, 0.15) is 17.2 Å². The van der Waals surface area contributed by atoms with Crippen LogP contribution in [-0.2, 0) is 28.7 Å². The van der Waals surface area contributed by atoms with Crippen LogP contribution in [0.2, 0.25) is 0 Å². The van der Waals surface area contributed by atoms with E-state index in [0.29, 0.717) is 44.9 Å². The van der Waals surface area contributed by atoms with Gasteiger partial charge < -0.3 is 18.9 Å². The quantitative estimate of drug-likeness (QED) is 0.0714. The van der Waals surface area contributed by atoms with Crippen LogP contribution in [0.5, 0.6) is 17.2 Å². The lowest BCUT2D eigenvalue weighted by Crippen LogP contribution is -2.54. The van der Waals surface area contributed by atoms with E-state index < -0.39 is 47.5 Å². The van der Waals surface area contributed by atoms with Crippen LogP contribution < -0.4 is 9.47 Å². The Morgan fingerprint density at radius 1 is 0.701 bits per heavy atom. The summed E-state index contributed by atoms with van der Waals surface area (Å²) in [7, 11) is 0. The molecule has 0 amide bonds. The van der Waals surface area contributed by atoms with Gasteiger partial charge in [-0.25, -0.2) is 0 Å². The van der Waals surface area contributed by atoms with E-state index in [9.17, 15) is 24.0 Å². The third kappa shape index (κ3) is 8.60. The van der Waals surface area contributed by atoms with Gasteiger partial charge in [0.25, 0.3) is 0 Å². The fourth-order valence-corrected chi connectivity index (χ4v) is 15.2. The summed E-state index contributed by atoms with van der Waals surface area (Å²) >= 11 is 0. The highest BCUT2D eigenvalue weighted by Crippen LogP contribution is 2.68. The average Bonchev–Trinajstić information content (AvgIpc) is 3.95. The van der Waals surface area contributed by atoms with Crippen LogP contribution in [0.1, 0.15) is 163 Å². The molecular weight excluding hydrogens is 841 g/mol. The van der Waals surface area contributed by atoms with Gasteiger partial charge in [-0.3, -0.25) is 24.0 Å². The number of fused-ring (bicyclic) bond motifs is 8. The molecule has 354 valence electrons. The van der Waals surface area contributed by atoms with Crippen molar-refractivity contribution >= 4 is 35.7 Å². The Bertz CT molecular complexity index is 2430. The number of allylic oxidation sites excluding steroid dienone is 1. The molecule has 5 aliphatic carbocycles. The van der Waals surface area contributed by atoms with Crippen LogP contribution in [0, 0.1) is 64.1 Å². The molecule has 3 aromatic rings. The van der Waals surface area contributed by atoms with Gasteiger partial charge in [0.05, 0.1) is 30.3 Å². The van der Waals surface area contributed by atoms with E-state index in [1.54, 1.807) is 42.5 Å². The molecule has 9 nitrogen and oxygen atoms in total. The van der Waals surface area contributed by atoms with Crippen molar-refractivity contribution in [3.05, 3.63) is 95.1 Å². The molecule has 2 saturated heterocycles. The number of ether oxygens (including phenoxy) is 4. The average molecular weight is 909 g/mol. The van der Waals surface area contributed by atoms with Gasteiger partial charge in [0, 0.05) is 5.56 Å². The largest absolute Gasteiger partial charge is 0.490 e. The van der Waals surface area contributed by atoms with Gasteiger partial charge in [-0.05, 0) is 194 Å². The third-order valence-electron chi connectivity index (χ3n) is 18.7. The topological polar surface area (TPSA) is 122 Å². The summed E-state index contributed by atoms with van der Waals surface area (Å²) in [4.78, 5) is 63.2. The number of carbonyl (C=O) groups excluding carboxylic acids is 5. The summed E-state index contributed by atoms with van der Waals surface area (Å²) in [6.45, 7) is 12.7. The van der Waals surface area contributed by atoms with Gasteiger partial charge in [-0.2, -0.15) is 0 Å². The molecule has 67 heavy (non-hydrogen) atoms. The van der Waals surface area contributed by atoms with Crippen LogP contribution in [0.3, 0.4) is 0 Å². The van der Waals surface area contributed by atoms with Crippen LogP contribution >= 0.6 is 0 Å². The summed E-state index contributed by atoms with van der Waals surface area (Å²) in [6.07, 6.45) is 19.8. The van der Waals surface area contributed by atoms with Gasteiger partial charge in [0.2, 0.25) is 0 Å². The zero-order chi connectivity index (χ0) is 46.8. The molecule has 9 heteroatoms. The first kappa shape index (κ1) is 45.7. The van der Waals surface area contributed by atoms with Gasteiger partial charge in [-0.15, -0.1) is 0 Å². The van der Waals surface area contributed by atoms with E-state index in [1.165, 1.54) is 64.2 Å². The van der Waals surface area contributed by atoms with Crippen molar-refractivity contribution in [3.8, 4) is 17.2 Å². The SMILES string of the molecule is CC(C)CCC[C@@H](C)[C@H]1CCC2C3CCC4CC(Oc5ccc(C(=O)C=Cc6ccc(Oc7ccc8c(c7)C7C(=O)OC(=O)C7CC8C7CC(=O)OC7=O)cc6)cc5)CC[C@]4(C)C3CC[C@@]21C. The van der Waals surface area contributed by atoms with Crippen LogP contribution in [0.4, 0.5) is 0 Å². The Labute approximate surface area is 396 Å². The molecular formula is C58H68O9. The molecule has 2 aliphatic heterocycles. The number of hydrogen-bond donors (Lipinski definition) is 0. The maximum Gasteiger partial charge on any atom is 0.321 e. The van der Waals surface area contributed by atoms with Gasteiger partial charge in [0.15, 0.2) is 5.78 Å². The van der Waals surface area contributed by atoms with Crippen molar-refractivity contribution in [2.45, 2.75) is 142 Å². The molecule has 0 spiro atoms. The minimum atomic E-state index is -0.810. The molecule has 4 saturated carbocycles. The minimum Gasteiger partial charge on any atom is -0.490 e. The van der Waals surface area contributed by atoms with Crippen molar-refractivity contribution in [1.29, 1.82) is 0 Å². The number of cyclic esters (lactones) is 4. The number of hydrogen-bond acceptors (Lipinski definition) is 9. The number of esters is 4. The zero-order valence-electron chi connectivity index (χ0n) is 40.0. The highest BCUT2D eigenvalue weighted by atomic mass is 16.6. The number of carbonyl (C=O) groups is 5. The Hall–Kier alpha value is -5.05. The Morgan fingerprint density at radius 2 is 1.42 bits per heavy atom. The molecule has 0 N–H and O–H groups in total. The molecule has 13 atom stereocenters. The second-order valence-electron chi connectivity index (χ2n) is 22.7. The van der Waals surface area contributed by atoms with Crippen molar-refractivity contribution < 1.29 is 42.9 Å². The molecule has 6 fully saturated rings. The second kappa shape index (κ2) is 18.1. The predicted molar refractivity (Wildman–Crippen MR) is 254 cm³/mol. The van der Waals surface area contributed by atoms with Crippen LogP contribution in [-0.4, -0.2) is 35.8 Å². The van der Waals surface area contributed by atoms with E-state index in [-0.39, 0.29) is 24.7 Å². The highest BCUT2D eigenvalue weighted by molar-refractivity contribution is 6.07. The molecule has 3 aromatic carbocycles. The molecule has 0 radical (unpaired) electrons. The van der Waals surface area contributed by atoms with Crippen molar-refractivity contribution in [1.82, 2.24) is 0 Å². The van der Waals surface area contributed by atoms with Gasteiger partial charge in [-0.1, -0.05) is 78.2 Å². The van der Waals surface area contributed by atoms with E-state index in [0.717, 1.165) is 59.7 Å².